The van der Waals surface area contributed by atoms with Crippen molar-refractivity contribution in [1.82, 2.24) is 9.13 Å². The van der Waals surface area contributed by atoms with Gasteiger partial charge >= 0.3 is 5.69 Å². The minimum Gasteiger partial charge on any atom is -0.386 e. The summed E-state index contributed by atoms with van der Waals surface area (Å²) in [6.07, 6.45) is 3.64. The molecule has 3 N–H and O–H groups in total. The number of hydrogen-bond donors (Lipinski definition) is 2. The molecule has 100 valence electrons. The van der Waals surface area contributed by atoms with Gasteiger partial charge in [-0.25, -0.2) is 4.79 Å². The molecule has 0 spiro atoms. The molecule has 1 rings (SSSR count). The van der Waals surface area contributed by atoms with Crippen molar-refractivity contribution in [3.63, 3.8) is 0 Å². The van der Waals surface area contributed by atoms with Gasteiger partial charge in [0.2, 0.25) is 0 Å². The largest absolute Gasteiger partial charge is 0.386 e. The van der Waals surface area contributed by atoms with E-state index in [0.717, 1.165) is 17.4 Å². The lowest BCUT2D eigenvalue weighted by Crippen LogP contribution is -2.39. The predicted octanol–water partition coefficient (Wildman–Crippen LogP) is 0.405. The van der Waals surface area contributed by atoms with Gasteiger partial charge in [0.15, 0.2) is 0 Å². The van der Waals surface area contributed by atoms with Gasteiger partial charge in [-0.3, -0.25) is 13.9 Å². The van der Waals surface area contributed by atoms with E-state index in [1.807, 2.05) is 13.0 Å². The van der Waals surface area contributed by atoms with Crippen LogP contribution in [0, 0.1) is 6.92 Å². The van der Waals surface area contributed by atoms with Crippen LogP contribution < -0.4 is 22.3 Å². The number of nitrogens with zero attached hydrogens (tertiary/aromatic N) is 2. The fourth-order valence-electron chi connectivity index (χ4n) is 1.58. The zero-order valence-corrected chi connectivity index (χ0v) is 11.3. The fraction of sp³-hybridized carbons (Fsp3) is 0.500. The Morgan fingerprint density at radius 3 is 2.50 bits per heavy atom. The molecule has 0 bridgehead atoms. The molecule has 1 heterocycles. The molecule has 0 saturated heterocycles. The highest BCUT2D eigenvalue weighted by Gasteiger charge is 2.12. The Morgan fingerprint density at radius 2 is 1.94 bits per heavy atom. The van der Waals surface area contributed by atoms with Crippen molar-refractivity contribution in [3.8, 4) is 0 Å². The van der Waals surface area contributed by atoms with E-state index in [1.165, 1.54) is 11.6 Å². The maximum absolute atomic E-state index is 12.0. The van der Waals surface area contributed by atoms with Crippen LogP contribution in [0.4, 0.5) is 5.69 Å². The summed E-state index contributed by atoms with van der Waals surface area (Å²) in [6, 6.07) is 0. The second-order valence-corrected chi connectivity index (χ2v) is 4.24. The van der Waals surface area contributed by atoms with Gasteiger partial charge in [-0.05, 0) is 19.4 Å². The van der Waals surface area contributed by atoms with Gasteiger partial charge in [0.1, 0.15) is 5.69 Å². The number of unbranched alkanes of at least 4 members (excludes halogenated alkanes) is 1. The highest BCUT2D eigenvalue weighted by atomic mass is 16.2. The van der Waals surface area contributed by atoms with Crippen molar-refractivity contribution in [2.24, 2.45) is 19.8 Å². The summed E-state index contributed by atoms with van der Waals surface area (Å²) in [5, 5.41) is 2.87. The summed E-state index contributed by atoms with van der Waals surface area (Å²) in [6.45, 7) is 3.75. The first-order valence-corrected chi connectivity index (χ1v) is 5.89. The van der Waals surface area contributed by atoms with E-state index < -0.39 is 0 Å². The lowest BCUT2D eigenvalue weighted by atomic mass is 10.3. The third-order valence-corrected chi connectivity index (χ3v) is 2.88. The summed E-state index contributed by atoms with van der Waals surface area (Å²) < 4.78 is 2.47. The van der Waals surface area contributed by atoms with E-state index in [-0.39, 0.29) is 11.2 Å². The number of aromatic nitrogens is 2. The smallest absolute Gasteiger partial charge is 0.330 e. The number of hydrogen-bond acceptors (Lipinski definition) is 4. The Balaban J connectivity index is 3.27. The van der Waals surface area contributed by atoms with Crippen LogP contribution in [0.1, 0.15) is 25.5 Å². The Hall–Kier alpha value is -1.98. The van der Waals surface area contributed by atoms with Crippen molar-refractivity contribution in [1.29, 1.82) is 0 Å². The van der Waals surface area contributed by atoms with Gasteiger partial charge in [-0.2, -0.15) is 0 Å². The number of nitrogens with two attached hydrogens (primary N) is 1. The molecule has 0 unspecified atom stereocenters. The van der Waals surface area contributed by atoms with Gasteiger partial charge in [0.05, 0.1) is 5.82 Å². The Kier molecular flexibility index (Phi) is 4.36. The number of allylic oxidation sites excluding steroid dienone is 1. The highest BCUT2D eigenvalue weighted by molar-refractivity contribution is 5.49. The van der Waals surface area contributed by atoms with Crippen LogP contribution in [0.2, 0.25) is 0 Å². The summed E-state index contributed by atoms with van der Waals surface area (Å²) in [4.78, 5) is 23.6. The SMILES string of the molecule is CCC/C=C(\N)Nc1c(C)n(C)c(=O)n(C)c1=O. The van der Waals surface area contributed by atoms with Gasteiger partial charge in [0, 0.05) is 19.8 Å². The van der Waals surface area contributed by atoms with Gasteiger partial charge < -0.3 is 11.1 Å². The summed E-state index contributed by atoms with van der Waals surface area (Å²) in [5.74, 6) is 0.427. The van der Waals surface area contributed by atoms with Crippen LogP contribution in [0.25, 0.3) is 0 Å². The van der Waals surface area contributed by atoms with Crippen molar-refractivity contribution in [2.45, 2.75) is 26.7 Å². The second-order valence-electron chi connectivity index (χ2n) is 4.24. The molecule has 0 aliphatic carbocycles. The lowest BCUT2D eigenvalue weighted by molar-refractivity contribution is 0.671. The molecule has 0 atom stereocenters. The molecule has 18 heavy (non-hydrogen) atoms. The molecule has 1 aromatic rings. The van der Waals surface area contributed by atoms with E-state index in [2.05, 4.69) is 5.32 Å². The zero-order valence-electron chi connectivity index (χ0n) is 11.3. The van der Waals surface area contributed by atoms with Crippen LogP contribution >= 0.6 is 0 Å². The molecular formula is C12H20N4O2. The van der Waals surface area contributed by atoms with E-state index in [1.54, 1.807) is 14.0 Å². The maximum atomic E-state index is 12.0. The molecule has 0 amide bonds. The molecule has 6 nitrogen and oxygen atoms in total. The Labute approximate surface area is 106 Å². The standard InChI is InChI=1S/C12H20N4O2/c1-5-6-7-9(13)14-10-8(2)15(3)12(18)16(4)11(10)17/h7,14H,5-6,13H2,1-4H3/b9-7+. The van der Waals surface area contributed by atoms with Crippen LogP contribution in [0.15, 0.2) is 21.5 Å². The van der Waals surface area contributed by atoms with Gasteiger partial charge in [-0.1, -0.05) is 13.3 Å². The molecule has 0 radical (unpaired) electrons. The first kappa shape index (κ1) is 14.1. The Morgan fingerprint density at radius 1 is 1.33 bits per heavy atom. The number of anilines is 1. The van der Waals surface area contributed by atoms with Gasteiger partial charge in [-0.15, -0.1) is 0 Å². The molecule has 0 aliphatic rings. The predicted molar refractivity (Wildman–Crippen MR) is 72.5 cm³/mol. The van der Waals surface area contributed by atoms with E-state index in [9.17, 15) is 9.59 Å². The van der Waals surface area contributed by atoms with Crippen LogP contribution in [0.3, 0.4) is 0 Å². The van der Waals surface area contributed by atoms with Crippen LogP contribution in [-0.2, 0) is 14.1 Å². The molecule has 1 aromatic heterocycles. The molecule has 0 aliphatic heterocycles. The molecule has 0 saturated carbocycles. The zero-order chi connectivity index (χ0) is 13.9. The summed E-state index contributed by atoms with van der Waals surface area (Å²) in [5.41, 5.74) is 5.97. The quantitative estimate of drug-likeness (QED) is 0.813. The van der Waals surface area contributed by atoms with Crippen LogP contribution in [0.5, 0.6) is 0 Å². The molecule has 6 heteroatoms. The fourth-order valence-corrected chi connectivity index (χ4v) is 1.58. The highest BCUT2D eigenvalue weighted by Crippen LogP contribution is 2.07. The van der Waals surface area contributed by atoms with Crippen molar-refractivity contribution < 1.29 is 0 Å². The normalized spacial score (nSPS) is 11.7. The summed E-state index contributed by atoms with van der Waals surface area (Å²) in [7, 11) is 3.06. The van der Waals surface area contributed by atoms with Crippen molar-refractivity contribution in [2.75, 3.05) is 5.32 Å². The first-order valence-electron chi connectivity index (χ1n) is 5.89. The van der Waals surface area contributed by atoms with Crippen molar-refractivity contribution in [3.05, 3.63) is 38.4 Å². The Bertz CT molecular complexity index is 581. The summed E-state index contributed by atoms with van der Waals surface area (Å²) >= 11 is 0. The third-order valence-electron chi connectivity index (χ3n) is 2.88. The maximum Gasteiger partial charge on any atom is 0.330 e. The number of rotatable bonds is 4. The monoisotopic (exact) mass is 252 g/mol. The van der Waals surface area contributed by atoms with E-state index in [4.69, 9.17) is 5.73 Å². The number of nitrogens with one attached hydrogen (secondary N) is 1. The topological polar surface area (TPSA) is 82.0 Å². The van der Waals surface area contributed by atoms with Gasteiger partial charge in [0.25, 0.3) is 5.56 Å². The average molecular weight is 252 g/mol. The molecular weight excluding hydrogens is 232 g/mol. The van der Waals surface area contributed by atoms with Crippen LogP contribution in [-0.4, -0.2) is 9.13 Å². The van der Waals surface area contributed by atoms with Crippen molar-refractivity contribution >= 4 is 5.69 Å². The van der Waals surface area contributed by atoms with E-state index >= 15 is 0 Å². The average Bonchev–Trinajstić information content (AvgIpc) is 2.36. The molecule has 0 fully saturated rings. The minimum absolute atomic E-state index is 0.337. The first-order chi connectivity index (χ1) is 8.40. The second kappa shape index (κ2) is 5.57. The lowest BCUT2D eigenvalue weighted by Gasteiger charge is -2.13. The minimum atomic E-state index is -0.372. The third kappa shape index (κ3) is 2.64. The molecule has 0 aromatic carbocycles. The van der Waals surface area contributed by atoms with E-state index in [0.29, 0.717) is 17.2 Å².